The van der Waals surface area contributed by atoms with E-state index in [-0.39, 0.29) is 5.41 Å². The van der Waals surface area contributed by atoms with Crippen molar-refractivity contribution in [1.82, 2.24) is 20.1 Å². The number of hydrogen-bond donors (Lipinski definition) is 1. The Kier molecular flexibility index (Phi) is 3.35. The highest BCUT2D eigenvalue weighted by Gasteiger charge is 2.57. The van der Waals surface area contributed by atoms with Crippen molar-refractivity contribution in [3.05, 3.63) is 12.2 Å². The molecule has 106 valence electrons. The summed E-state index contributed by atoms with van der Waals surface area (Å²) in [5.41, 5.74) is 0.253. The zero-order chi connectivity index (χ0) is 13.5. The Bertz CT molecular complexity index is 442. The molecule has 5 nitrogen and oxygen atoms in total. The van der Waals surface area contributed by atoms with Gasteiger partial charge in [-0.2, -0.15) is 5.10 Å². The van der Waals surface area contributed by atoms with Crippen LogP contribution in [-0.2, 0) is 18.2 Å². The first-order valence-corrected chi connectivity index (χ1v) is 7.28. The lowest BCUT2D eigenvalue weighted by Crippen LogP contribution is -2.69. The molecular formula is C14H24N4O. The summed E-state index contributed by atoms with van der Waals surface area (Å²) in [6.45, 7) is 6.52. The second-order valence-electron chi connectivity index (χ2n) is 6.44. The predicted octanol–water partition coefficient (Wildman–Crippen LogP) is 1.15. The van der Waals surface area contributed by atoms with Crippen LogP contribution in [0.2, 0.25) is 0 Å². The predicted molar refractivity (Wildman–Crippen MR) is 72.7 cm³/mol. The molecule has 2 aliphatic rings. The van der Waals surface area contributed by atoms with Gasteiger partial charge in [0, 0.05) is 44.0 Å². The molecule has 2 fully saturated rings. The van der Waals surface area contributed by atoms with Crippen LogP contribution in [0, 0.1) is 11.3 Å². The molecule has 1 aromatic rings. The Balaban J connectivity index is 1.52. The van der Waals surface area contributed by atoms with Crippen LogP contribution in [0.1, 0.15) is 32.5 Å². The standard InChI is InChI=1S/C14H24N4O/c1-14(2)12(10-5-4-8-19-13(10)14)15-7-6-11-16-9-18(3)17-11/h9-10,12-13,15H,4-8H2,1-3H3. The van der Waals surface area contributed by atoms with Crippen molar-refractivity contribution >= 4 is 0 Å². The lowest BCUT2D eigenvalue weighted by molar-refractivity contribution is -0.192. The number of rotatable bonds is 4. The number of fused-ring (bicyclic) bond motifs is 1. The van der Waals surface area contributed by atoms with Crippen molar-refractivity contribution in [3.8, 4) is 0 Å². The Morgan fingerprint density at radius 1 is 1.53 bits per heavy atom. The van der Waals surface area contributed by atoms with E-state index in [1.165, 1.54) is 12.8 Å². The molecule has 1 saturated carbocycles. The van der Waals surface area contributed by atoms with Gasteiger partial charge in [0.2, 0.25) is 0 Å². The molecule has 0 radical (unpaired) electrons. The van der Waals surface area contributed by atoms with E-state index in [2.05, 4.69) is 29.2 Å². The third-order valence-corrected chi connectivity index (χ3v) is 4.69. The average Bonchev–Trinajstić information content (AvgIpc) is 2.80. The molecule has 5 heteroatoms. The van der Waals surface area contributed by atoms with Crippen molar-refractivity contribution in [2.24, 2.45) is 18.4 Å². The number of aryl methyl sites for hydroxylation is 1. The molecule has 1 N–H and O–H groups in total. The van der Waals surface area contributed by atoms with E-state index in [0.717, 1.165) is 25.4 Å². The molecule has 0 aromatic carbocycles. The highest BCUT2D eigenvalue weighted by Crippen LogP contribution is 2.51. The molecule has 1 aromatic heterocycles. The van der Waals surface area contributed by atoms with E-state index in [1.807, 2.05) is 7.05 Å². The van der Waals surface area contributed by atoms with E-state index >= 15 is 0 Å². The van der Waals surface area contributed by atoms with Crippen molar-refractivity contribution in [3.63, 3.8) is 0 Å². The second kappa shape index (κ2) is 4.87. The molecule has 1 saturated heterocycles. The van der Waals surface area contributed by atoms with Crippen LogP contribution < -0.4 is 5.32 Å². The summed E-state index contributed by atoms with van der Waals surface area (Å²) in [6, 6.07) is 0.571. The van der Waals surface area contributed by atoms with Gasteiger partial charge in [0.25, 0.3) is 0 Å². The highest BCUT2D eigenvalue weighted by molar-refractivity contribution is 5.10. The van der Waals surface area contributed by atoms with Gasteiger partial charge in [-0.3, -0.25) is 4.68 Å². The fourth-order valence-corrected chi connectivity index (χ4v) is 3.77. The Labute approximate surface area is 114 Å². The van der Waals surface area contributed by atoms with Crippen molar-refractivity contribution < 1.29 is 4.74 Å². The largest absolute Gasteiger partial charge is 0.377 e. The Morgan fingerprint density at radius 2 is 2.37 bits per heavy atom. The lowest BCUT2D eigenvalue weighted by atomic mass is 9.55. The quantitative estimate of drug-likeness (QED) is 0.886. The number of nitrogens with zero attached hydrogens (tertiary/aromatic N) is 3. The SMILES string of the molecule is Cn1cnc(CCNC2C3CCCOC3C2(C)C)n1. The van der Waals surface area contributed by atoms with E-state index < -0.39 is 0 Å². The van der Waals surface area contributed by atoms with Gasteiger partial charge in [0.05, 0.1) is 6.10 Å². The third kappa shape index (κ3) is 2.30. The zero-order valence-electron chi connectivity index (χ0n) is 12.1. The van der Waals surface area contributed by atoms with E-state index in [1.54, 1.807) is 11.0 Å². The monoisotopic (exact) mass is 264 g/mol. The topological polar surface area (TPSA) is 52.0 Å². The Morgan fingerprint density at radius 3 is 3.11 bits per heavy atom. The molecule has 0 bridgehead atoms. The maximum absolute atomic E-state index is 5.92. The van der Waals surface area contributed by atoms with Gasteiger partial charge in [-0.1, -0.05) is 13.8 Å². The average molecular weight is 264 g/mol. The minimum atomic E-state index is 0.253. The molecule has 0 spiro atoms. The van der Waals surface area contributed by atoms with Crippen LogP contribution in [0.25, 0.3) is 0 Å². The fourth-order valence-electron chi connectivity index (χ4n) is 3.77. The first-order chi connectivity index (χ1) is 9.09. The summed E-state index contributed by atoms with van der Waals surface area (Å²) in [7, 11) is 1.91. The normalized spacial score (nSPS) is 32.7. The van der Waals surface area contributed by atoms with Gasteiger partial charge < -0.3 is 10.1 Å². The first kappa shape index (κ1) is 13.1. The smallest absolute Gasteiger partial charge is 0.151 e. The summed E-state index contributed by atoms with van der Waals surface area (Å²) in [4.78, 5) is 4.26. The van der Waals surface area contributed by atoms with Crippen LogP contribution in [0.15, 0.2) is 6.33 Å². The van der Waals surface area contributed by atoms with Gasteiger partial charge >= 0.3 is 0 Å². The molecule has 1 aliphatic heterocycles. The number of nitrogens with one attached hydrogen (secondary N) is 1. The Hall–Kier alpha value is -0.940. The zero-order valence-corrected chi connectivity index (χ0v) is 12.1. The molecule has 1 aliphatic carbocycles. The summed E-state index contributed by atoms with van der Waals surface area (Å²) in [5, 5.41) is 8.01. The maximum atomic E-state index is 5.92. The minimum absolute atomic E-state index is 0.253. The number of aromatic nitrogens is 3. The molecular weight excluding hydrogens is 240 g/mol. The highest BCUT2D eigenvalue weighted by atomic mass is 16.5. The fraction of sp³-hybridized carbons (Fsp3) is 0.857. The van der Waals surface area contributed by atoms with Crippen molar-refractivity contribution in [2.75, 3.05) is 13.2 Å². The number of hydrogen-bond acceptors (Lipinski definition) is 4. The van der Waals surface area contributed by atoms with Gasteiger partial charge in [0.1, 0.15) is 6.33 Å². The van der Waals surface area contributed by atoms with Crippen LogP contribution in [0.3, 0.4) is 0 Å². The maximum Gasteiger partial charge on any atom is 0.151 e. The molecule has 0 amide bonds. The lowest BCUT2D eigenvalue weighted by Gasteiger charge is -2.60. The van der Waals surface area contributed by atoms with E-state index in [9.17, 15) is 0 Å². The minimum Gasteiger partial charge on any atom is -0.377 e. The molecule has 3 unspecified atom stereocenters. The summed E-state index contributed by atoms with van der Waals surface area (Å²) in [5.74, 6) is 1.61. The summed E-state index contributed by atoms with van der Waals surface area (Å²) in [6.07, 6.45) is 5.61. The second-order valence-corrected chi connectivity index (χ2v) is 6.44. The number of ether oxygens (including phenoxy) is 1. The van der Waals surface area contributed by atoms with Crippen LogP contribution >= 0.6 is 0 Å². The van der Waals surface area contributed by atoms with Crippen LogP contribution in [-0.4, -0.2) is 40.1 Å². The van der Waals surface area contributed by atoms with Crippen LogP contribution in [0.4, 0.5) is 0 Å². The van der Waals surface area contributed by atoms with E-state index in [4.69, 9.17) is 4.74 Å². The molecule has 3 atom stereocenters. The van der Waals surface area contributed by atoms with Gasteiger partial charge in [0.15, 0.2) is 5.82 Å². The molecule has 19 heavy (non-hydrogen) atoms. The van der Waals surface area contributed by atoms with Crippen molar-refractivity contribution in [1.29, 1.82) is 0 Å². The van der Waals surface area contributed by atoms with Gasteiger partial charge in [-0.05, 0) is 12.8 Å². The van der Waals surface area contributed by atoms with Crippen molar-refractivity contribution in [2.45, 2.75) is 45.3 Å². The van der Waals surface area contributed by atoms with Crippen LogP contribution in [0.5, 0.6) is 0 Å². The molecule has 3 rings (SSSR count). The van der Waals surface area contributed by atoms with Gasteiger partial charge in [-0.25, -0.2) is 4.98 Å². The molecule has 2 heterocycles. The van der Waals surface area contributed by atoms with Gasteiger partial charge in [-0.15, -0.1) is 0 Å². The summed E-state index contributed by atoms with van der Waals surface area (Å²) >= 11 is 0. The summed E-state index contributed by atoms with van der Waals surface area (Å²) < 4.78 is 7.68. The third-order valence-electron chi connectivity index (χ3n) is 4.69. The first-order valence-electron chi connectivity index (χ1n) is 7.28. The van der Waals surface area contributed by atoms with E-state index in [0.29, 0.717) is 18.1 Å².